The molecule has 0 fully saturated rings. The van der Waals surface area contributed by atoms with E-state index in [1.54, 1.807) is 18.4 Å². The van der Waals surface area contributed by atoms with Gasteiger partial charge in [-0.15, -0.1) is 11.3 Å². The van der Waals surface area contributed by atoms with Crippen molar-refractivity contribution in [3.8, 4) is 11.8 Å². The normalized spacial score (nSPS) is 17.2. The summed E-state index contributed by atoms with van der Waals surface area (Å²) in [6.45, 7) is 23.7. The van der Waals surface area contributed by atoms with Gasteiger partial charge in [-0.25, -0.2) is 15.0 Å². The molecule has 0 spiro atoms. The van der Waals surface area contributed by atoms with Gasteiger partial charge in [0.05, 0.1) is 26.3 Å². The molecule has 0 aliphatic carbocycles. The standard InChI is InChI=1S/C38H38N4O2S/c1-7-9-24-42(25-10-8-2)30-18-16-28(35(26-30)43-6)17-19-31-20-21-32(45-31)22-23-33-36(41-5)37(34(27-39)40-4)44-38(33,3)29-14-12-11-13-15-29/h11-23,26H,7-10,24-25H2,1-3,6H3/b19-17+,23-22+,37-34+. The summed E-state index contributed by atoms with van der Waals surface area (Å²) >= 11 is 1.62. The van der Waals surface area contributed by atoms with Crippen molar-refractivity contribution in [2.45, 2.75) is 52.1 Å². The van der Waals surface area contributed by atoms with Gasteiger partial charge in [-0.1, -0.05) is 63.1 Å². The fourth-order valence-corrected chi connectivity index (χ4v) is 6.07. The van der Waals surface area contributed by atoms with E-state index in [1.807, 2.05) is 61.5 Å². The van der Waals surface area contributed by atoms with Crippen LogP contribution in [0.3, 0.4) is 0 Å². The van der Waals surface area contributed by atoms with E-state index in [1.165, 1.54) is 18.5 Å². The molecule has 0 radical (unpaired) electrons. The van der Waals surface area contributed by atoms with Gasteiger partial charge in [0.25, 0.3) is 5.70 Å². The Morgan fingerprint density at radius 1 is 0.978 bits per heavy atom. The predicted molar refractivity (Wildman–Crippen MR) is 185 cm³/mol. The number of benzene rings is 2. The van der Waals surface area contributed by atoms with Crippen molar-refractivity contribution < 1.29 is 9.47 Å². The van der Waals surface area contributed by atoms with E-state index in [9.17, 15) is 5.26 Å². The summed E-state index contributed by atoms with van der Waals surface area (Å²) in [6.07, 6.45) is 12.6. The average molecular weight is 615 g/mol. The second-order valence-corrected chi connectivity index (χ2v) is 12.0. The van der Waals surface area contributed by atoms with Crippen LogP contribution in [0.4, 0.5) is 5.69 Å². The van der Waals surface area contributed by atoms with E-state index in [-0.39, 0.29) is 17.2 Å². The molecule has 3 aromatic rings. The average Bonchev–Trinajstić information content (AvgIpc) is 3.65. The lowest BCUT2D eigenvalue weighted by Gasteiger charge is -2.28. The number of allylic oxidation sites excluding steroid dienone is 1. The first-order valence-corrected chi connectivity index (χ1v) is 16.0. The van der Waals surface area contributed by atoms with Crippen molar-refractivity contribution in [3.63, 3.8) is 0 Å². The molecule has 1 aliphatic rings. The van der Waals surface area contributed by atoms with Crippen LogP contribution in [0, 0.1) is 24.5 Å². The minimum Gasteiger partial charge on any atom is -0.500 e. The van der Waals surface area contributed by atoms with E-state index in [2.05, 4.69) is 64.9 Å². The van der Waals surface area contributed by atoms with Crippen LogP contribution in [-0.4, -0.2) is 20.2 Å². The molecule has 2 heterocycles. The van der Waals surface area contributed by atoms with Crippen molar-refractivity contribution in [2.24, 2.45) is 0 Å². The van der Waals surface area contributed by atoms with Crippen molar-refractivity contribution in [2.75, 3.05) is 25.1 Å². The number of anilines is 1. The highest BCUT2D eigenvalue weighted by atomic mass is 32.1. The third-order valence-corrected chi connectivity index (χ3v) is 8.81. The summed E-state index contributed by atoms with van der Waals surface area (Å²) in [7, 11) is 1.72. The molecule has 228 valence electrons. The molecule has 0 bridgehead atoms. The molecule has 1 aliphatic heterocycles. The maximum Gasteiger partial charge on any atom is 0.292 e. The largest absolute Gasteiger partial charge is 0.500 e. The van der Waals surface area contributed by atoms with Gasteiger partial charge >= 0.3 is 0 Å². The van der Waals surface area contributed by atoms with Crippen LogP contribution in [0.1, 0.15) is 67.3 Å². The zero-order chi connectivity index (χ0) is 32.2. The van der Waals surface area contributed by atoms with Crippen LogP contribution in [0.2, 0.25) is 0 Å². The van der Waals surface area contributed by atoms with Crippen molar-refractivity contribution in [1.29, 1.82) is 5.26 Å². The second kappa shape index (κ2) is 15.6. The number of unbranched alkanes of at least 4 members (excludes halogenated alkanes) is 2. The molecule has 0 saturated carbocycles. The number of rotatable bonds is 13. The minimum absolute atomic E-state index is 0.0297. The number of methoxy groups -OCH3 is 1. The van der Waals surface area contributed by atoms with Gasteiger partial charge in [0.2, 0.25) is 5.70 Å². The number of hydrogen-bond acceptors (Lipinski definition) is 5. The Morgan fingerprint density at radius 2 is 1.64 bits per heavy atom. The van der Waals surface area contributed by atoms with Gasteiger partial charge < -0.3 is 14.4 Å². The Bertz CT molecular complexity index is 1720. The molecule has 1 aromatic heterocycles. The number of hydrogen-bond donors (Lipinski definition) is 0. The number of nitrogens with zero attached hydrogens (tertiary/aromatic N) is 4. The van der Waals surface area contributed by atoms with Crippen molar-refractivity contribution in [3.05, 3.63) is 133 Å². The number of ether oxygens (including phenoxy) is 2. The van der Waals surface area contributed by atoms with Gasteiger partial charge in [-0.05, 0) is 67.8 Å². The quantitative estimate of drug-likeness (QED) is 0.142. The van der Waals surface area contributed by atoms with Crippen LogP contribution >= 0.6 is 11.3 Å². The fourth-order valence-electron chi connectivity index (χ4n) is 5.25. The molecule has 0 N–H and O–H groups in total. The molecule has 0 amide bonds. The highest BCUT2D eigenvalue weighted by Crippen LogP contribution is 2.48. The molecule has 7 heteroatoms. The molecular weight excluding hydrogens is 577 g/mol. The van der Waals surface area contributed by atoms with E-state index in [4.69, 9.17) is 22.6 Å². The van der Waals surface area contributed by atoms with Gasteiger partial charge in [-0.3, -0.25) is 0 Å². The summed E-state index contributed by atoms with van der Waals surface area (Å²) < 4.78 is 12.0. The molecule has 1 unspecified atom stereocenters. The lowest BCUT2D eigenvalue weighted by atomic mass is 9.87. The first-order valence-electron chi connectivity index (χ1n) is 15.2. The molecule has 0 saturated heterocycles. The van der Waals surface area contributed by atoms with E-state index in [0.29, 0.717) is 5.57 Å². The summed E-state index contributed by atoms with van der Waals surface area (Å²) in [5.41, 5.74) is 2.57. The SMILES string of the molecule is [C-]#[N+]C1=C(/C=C/c2ccc(/C=C/c3ccc(N(CCCC)CCCC)cc3OC)s2)C(C)(c2ccccc2)O/C1=C(\C#N)[N+]#[C-]. The maximum absolute atomic E-state index is 9.54. The van der Waals surface area contributed by atoms with Crippen LogP contribution < -0.4 is 9.64 Å². The molecule has 6 nitrogen and oxygen atoms in total. The van der Waals surface area contributed by atoms with Gasteiger partial charge in [0, 0.05) is 45.7 Å². The first-order chi connectivity index (χ1) is 21.9. The number of thiophene rings is 1. The predicted octanol–water partition coefficient (Wildman–Crippen LogP) is 10.1. The lowest BCUT2D eigenvalue weighted by Crippen LogP contribution is -2.25. The third kappa shape index (κ3) is 7.55. The molecular formula is C38H38N4O2S. The Hall–Kier alpha value is -5.03. The Morgan fingerprint density at radius 3 is 2.22 bits per heavy atom. The second-order valence-electron chi connectivity index (χ2n) is 10.8. The minimum atomic E-state index is -1.02. The fraction of sp³-hybridized carbons (Fsp3) is 0.289. The molecule has 2 aromatic carbocycles. The van der Waals surface area contributed by atoms with Crippen LogP contribution in [0.25, 0.3) is 27.9 Å². The highest BCUT2D eigenvalue weighted by molar-refractivity contribution is 7.13. The summed E-state index contributed by atoms with van der Waals surface area (Å²) in [5.74, 6) is 0.876. The van der Waals surface area contributed by atoms with Crippen LogP contribution in [0.5, 0.6) is 5.75 Å². The van der Waals surface area contributed by atoms with Gasteiger partial charge in [0.1, 0.15) is 17.1 Å². The van der Waals surface area contributed by atoms with Crippen molar-refractivity contribution in [1.82, 2.24) is 0 Å². The molecule has 4 rings (SSSR count). The van der Waals surface area contributed by atoms with Crippen molar-refractivity contribution >= 4 is 35.3 Å². The number of nitriles is 1. The maximum atomic E-state index is 9.54. The lowest BCUT2D eigenvalue weighted by molar-refractivity contribution is 0.0753. The van der Waals surface area contributed by atoms with Crippen LogP contribution in [0.15, 0.2) is 89.5 Å². The molecule has 45 heavy (non-hydrogen) atoms. The third-order valence-electron chi connectivity index (χ3n) is 7.79. The Kier molecular flexibility index (Phi) is 11.4. The first kappa shape index (κ1) is 32.9. The Balaban J connectivity index is 1.61. The topological polar surface area (TPSA) is 54.2 Å². The Labute approximate surface area is 271 Å². The monoisotopic (exact) mass is 614 g/mol. The van der Waals surface area contributed by atoms with Gasteiger partial charge in [0.15, 0.2) is 0 Å². The smallest absolute Gasteiger partial charge is 0.292 e. The van der Waals surface area contributed by atoms with Gasteiger partial charge in [-0.2, -0.15) is 0 Å². The molecule has 1 atom stereocenters. The van der Waals surface area contributed by atoms with E-state index < -0.39 is 5.60 Å². The van der Waals surface area contributed by atoms with E-state index in [0.717, 1.165) is 52.6 Å². The summed E-state index contributed by atoms with van der Waals surface area (Å²) in [6, 6.07) is 22.0. The summed E-state index contributed by atoms with van der Waals surface area (Å²) in [4.78, 5) is 11.6. The zero-order valence-corrected chi connectivity index (χ0v) is 27.2. The summed E-state index contributed by atoms with van der Waals surface area (Å²) in [5, 5.41) is 9.54. The highest BCUT2D eigenvalue weighted by Gasteiger charge is 2.43. The zero-order valence-electron chi connectivity index (χ0n) is 26.3. The van der Waals surface area contributed by atoms with Crippen LogP contribution in [-0.2, 0) is 10.3 Å². The van der Waals surface area contributed by atoms with E-state index >= 15 is 0 Å².